The average molecular weight is 948 g/mol. The van der Waals surface area contributed by atoms with E-state index >= 15 is 0 Å². The summed E-state index contributed by atoms with van der Waals surface area (Å²) in [6, 6.07) is 0. The fourth-order valence-corrected chi connectivity index (χ4v) is 7.84. The van der Waals surface area contributed by atoms with Crippen LogP contribution in [-0.2, 0) is 28.6 Å². The van der Waals surface area contributed by atoms with Crippen molar-refractivity contribution in [2.24, 2.45) is 0 Å². The average Bonchev–Trinajstić information content (AvgIpc) is 3.34. The number of rotatable bonds is 51. The standard InChI is InChI=1S/C62H106O6/c1-4-7-10-13-16-19-22-25-28-29-30-31-32-33-35-37-40-43-46-49-52-55-61(64)67-58-59(57-66-60(63)54-51-48-45-42-39-36-27-24-21-18-15-12-9-6-3)68-62(65)56-53-50-47-44-41-38-34-26-23-20-17-14-11-8-5-2/h7,10,15-16,18-19,24-25,27-28,30-31,33,35,59H,4-6,8-9,11-14,17,20-23,26,29,32,34,36-58H2,1-3H3/b10-7-,18-15-,19-16-,27-24-,28-25-,31-30-,35-33-. The zero-order valence-corrected chi connectivity index (χ0v) is 44.6. The first-order chi connectivity index (χ1) is 33.5. The van der Waals surface area contributed by atoms with E-state index in [9.17, 15) is 14.4 Å². The first-order valence-corrected chi connectivity index (χ1v) is 28.6. The lowest BCUT2D eigenvalue weighted by molar-refractivity contribution is -0.167. The van der Waals surface area contributed by atoms with E-state index in [1.165, 1.54) is 96.3 Å². The van der Waals surface area contributed by atoms with Gasteiger partial charge in [-0.2, -0.15) is 0 Å². The molecule has 68 heavy (non-hydrogen) atoms. The SMILES string of the molecule is CC/C=C\C/C=C\C/C=C\C/C=C\C/C=C\CCCCCCCC(=O)OCC(COC(=O)CCCCCCC/C=C\C/C=C\CCCC)OC(=O)CCCCCCCCCCCCCCCCC. The number of unbranched alkanes of at least 4 members (excludes halogenated alkanes) is 26. The summed E-state index contributed by atoms with van der Waals surface area (Å²) < 4.78 is 16.8. The summed E-state index contributed by atoms with van der Waals surface area (Å²) in [5.41, 5.74) is 0. The quantitative estimate of drug-likeness (QED) is 0.0262. The van der Waals surface area contributed by atoms with Gasteiger partial charge in [-0.05, 0) is 89.9 Å². The zero-order chi connectivity index (χ0) is 49.3. The third kappa shape index (κ3) is 53.5. The van der Waals surface area contributed by atoms with E-state index in [0.29, 0.717) is 19.3 Å². The van der Waals surface area contributed by atoms with Crippen LogP contribution >= 0.6 is 0 Å². The molecule has 0 saturated carbocycles. The molecule has 0 heterocycles. The van der Waals surface area contributed by atoms with Crippen molar-refractivity contribution in [1.82, 2.24) is 0 Å². The van der Waals surface area contributed by atoms with Gasteiger partial charge in [0.15, 0.2) is 6.10 Å². The van der Waals surface area contributed by atoms with E-state index in [0.717, 1.165) is 135 Å². The molecule has 0 aliphatic heterocycles. The van der Waals surface area contributed by atoms with E-state index in [2.05, 4.69) is 106 Å². The maximum atomic E-state index is 12.8. The number of hydrogen-bond donors (Lipinski definition) is 0. The minimum Gasteiger partial charge on any atom is -0.462 e. The summed E-state index contributed by atoms with van der Waals surface area (Å²) in [6.45, 7) is 6.47. The topological polar surface area (TPSA) is 78.9 Å². The number of hydrogen-bond acceptors (Lipinski definition) is 6. The highest BCUT2D eigenvalue weighted by Gasteiger charge is 2.19. The molecule has 0 rings (SSSR count). The van der Waals surface area contributed by atoms with Crippen molar-refractivity contribution in [3.05, 3.63) is 85.1 Å². The highest BCUT2D eigenvalue weighted by Crippen LogP contribution is 2.15. The highest BCUT2D eigenvalue weighted by atomic mass is 16.6. The second-order valence-corrected chi connectivity index (χ2v) is 18.8. The molecule has 6 heteroatoms. The smallest absolute Gasteiger partial charge is 0.306 e. The molecule has 0 aromatic heterocycles. The molecule has 0 spiro atoms. The Labute approximate surface area is 420 Å². The number of ether oxygens (including phenoxy) is 3. The van der Waals surface area contributed by atoms with Gasteiger partial charge >= 0.3 is 17.9 Å². The summed E-state index contributed by atoms with van der Waals surface area (Å²) in [7, 11) is 0. The Balaban J connectivity index is 4.41. The van der Waals surface area contributed by atoms with Gasteiger partial charge in [0.2, 0.25) is 0 Å². The lowest BCUT2D eigenvalue weighted by Crippen LogP contribution is -2.30. The normalized spacial score (nSPS) is 12.7. The Kier molecular flexibility index (Phi) is 53.4. The number of allylic oxidation sites excluding steroid dienone is 14. The minimum absolute atomic E-state index is 0.0886. The molecule has 0 radical (unpaired) electrons. The Morgan fingerprint density at radius 3 is 0.941 bits per heavy atom. The Hall–Kier alpha value is -3.41. The second-order valence-electron chi connectivity index (χ2n) is 18.8. The molecule has 0 fully saturated rings. The molecule has 0 aliphatic rings. The molecular formula is C62H106O6. The molecule has 0 N–H and O–H groups in total. The summed E-state index contributed by atoms with van der Waals surface area (Å²) in [4.78, 5) is 38.1. The van der Waals surface area contributed by atoms with Crippen LogP contribution in [0.3, 0.4) is 0 Å². The fourth-order valence-electron chi connectivity index (χ4n) is 7.84. The summed E-state index contributed by atoms with van der Waals surface area (Å²) >= 11 is 0. The summed E-state index contributed by atoms with van der Waals surface area (Å²) in [5, 5.41) is 0. The largest absolute Gasteiger partial charge is 0.462 e. The first-order valence-electron chi connectivity index (χ1n) is 28.6. The van der Waals surface area contributed by atoms with E-state index in [1.54, 1.807) is 0 Å². The maximum Gasteiger partial charge on any atom is 0.306 e. The van der Waals surface area contributed by atoms with Crippen LogP contribution in [0, 0.1) is 0 Å². The van der Waals surface area contributed by atoms with Crippen molar-refractivity contribution in [3.8, 4) is 0 Å². The number of esters is 3. The Morgan fingerprint density at radius 1 is 0.309 bits per heavy atom. The Morgan fingerprint density at radius 2 is 0.588 bits per heavy atom. The zero-order valence-electron chi connectivity index (χ0n) is 44.6. The molecule has 0 saturated heterocycles. The van der Waals surface area contributed by atoms with Crippen molar-refractivity contribution >= 4 is 17.9 Å². The van der Waals surface area contributed by atoms with Crippen molar-refractivity contribution in [2.75, 3.05) is 13.2 Å². The van der Waals surface area contributed by atoms with Gasteiger partial charge in [0.1, 0.15) is 13.2 Å². The minimum atomic E-state index is -0.789. The summed E-state index contributed by atoms with van der Waals surface area (Å²) in [6.07, 6.45) is 72.8. The first kappa shape index (κ1) is 64.6. The monoisotopic (exact) mass is 947 g/mol. The van der Waals surface area contributed by atoms with E-state index in [1.807, 2.05) is 0 Å². The van der Waals surface area contributed by atoms with Crippen LogP contribution in [0.2, 0.25) is 0 Å². The van der Waals surface area contributed by atoms with Crippen LogP contribution in [0.4, 0.5) is 0 Å². The fraction of sp³-hybridized carbons (Fsp3) is 0.726. The van der Waals surface area contributed by atoms with Gasteiger partial charge in [-0.1, -0.05) is 247 Å². The van der Waals surface area contributed by atoms with E-state index in [-0.39, 0.29) is 31.1 Å². The second kappa shape index (κ2) is 56.2. The molecule has 390 valence electrons. The van der Waals surface area contributed by atoms with Crippen LogP contribution in [0.5, 0.6) is 0 Å². The number of carbonyl (C=O) groups is 3. The molecule has 6 nitrogen and oxygen atoms in total. The predicted molar refractivity (Wildman–Crippen MR) is 293 cm³/mol. The van der Waals surface area contributed by atoms with Gasteiger partial charge in [-0.15, -0.1) is 0 Å². The van der Waals surface area contributed by atoms with Crippen LogP contribution in [-0.4, -0.2) is 37.2 Å². The lowest BCUT2D eigenvalue weighted by Gasteiger charge is -2.18. The van der Waals surface area contributed by atoms with Crippen LogP contribution in [0.25, 0.3) is 0 Å². The highest BCUT2D eigenvalue weighted by molar-refractivity contribution is 5.71. The van der Waals surface area contributed by atoms with Crippen molar-refractivity contribution in [2.45, 2.75) is 277 Å². The van der Waals surface area contributed by atoms with Gasteiger partial charge < -0.3 is 14.2 Å². The molecule has 1 unspecified atom stereocenters. The van der Waals surface area contributed by atoms with Crippen molar-refractivity contribution in [1.29, 1.82) is 0 Å². The molecule has 0 aliphatic carbocycles. The van der Waals surface area contributed by atoms with Crippen LogP contribution in [0.1, 0.15) is 271 Å². The predicted octanol–water partition coefficient (Wildman–Crippen LogP) is 19.2. The van der Waals surface area contributed by atoms with Gasteiger partial charge in [-0.25, -0.2) is 0 Å². The molecule has 0 bridgehead atoms. The number of carbonyl (C=O) groups excluding carboxylic acids is 3. The van der Waals surface area contributed by atoms with E-state index < -0.39 is 6.10 Å². The maximum absolute atomic E-state index is 12.8. The molecule has 0 aromatic rings. The molecule has 0 amide bonds. The van der Waals surface area contributed by atoms with Gasteiger partial charge in [0.05, 0.1) is 0 Å². The Bertz CT molecular complexity index is 1320. The molecular weight excluding hydrogens is 841 g/mol. The van der Waals surface area contributed by atoms with Gasteiger partial charge in [0.25, 0.3) is 0 Å². The van der Waals surface area contributed by atoms with Crippen LogP contribution in [0.15, 0.2) is 85.1 Å². The van der Waals surface area contributed by atoms with Crippen molar-refractivity contribution in [3.63, 3.8) is 0 Å². The third-order valence-corrected chi connectivity index (χ3v) is 12.1. The van der Waals surface area contributed by atoms with Gasteiger partial charge in [0, 0.05) is 19.3 Å². The van der Waals surface area contributed by atoms with Gasteiger partial charge in [-0.3, -0.25) is 14.4 Å². The van der Waals surface area contributed by atoms with Crippen molar-refractivity contribution < 1.29 is 28.6 Å². The third-order valence-electron chi connectivity index (χ3n) is 12.1. The summed E-state index contributed by atoms with van der Waals surface area (Å²) in [5.74, 6) is -0.913. The molecule has 1 atom stereocenters. The van der Waals surface area contributed by atoms with Crippen LogP contribution < -0.4 is 0 Å². The lowest BCUT2D eigenvalue weighted by atomic mass is 10.0. The van der Waals surface area contributed by atoms with E-state index in [4.69, 9.17) is 14.2 Å². The molecule has 0 aromatic carbocycles.